The maximum absolute atomic E-state index is 11.2. The van der Waals surface area contributed by atoms with Gasteiger partial charge in [-0.2, -0.15) is 0 Å². The lowest BCUT2D eigenvalue weighted by atomic mass is 10.1. The van der Waals surface area contributed by atoms with Gasteiger partial charge in [-0.1, -0.05) is 35.3 Å². The predicted molar refractivity (Wildman–Crippen MR) is 60.0 cm³/mol. The highest BCUT2D eigenvalue weighted by Crippen LogP contribution is 2.22. The van der Waals surface area contributed by atoms with Crippen molar-refractivity contribution in [2.45, 2.75) is 13.3 Å². The first-order valence-electron chi connectivity index (χ1n) is 4.23. The molecule has 0 N–H and O–H groups in total. The van der Waals surface area contributed by atoms with Gasteiger partial charge in [0.1, 0.15) is 0 Å². The van der Waals surface area contributed by atoms with Gasteiger partial charge in [0.25, 0.3) is 0 Å². The molecular formula is C11H10Cl2O. The van der Waals surface area contributed by atoms with Crippen LogP contribution in [0.3, 0.4) is 0 Å². The number of hydrogen-bond acceptors (Lipinski definition) is 1. The van der Waals surface area contributed by atoms with Gasteiger partial charge in [-0.15, -0.1) is 0 Å². The van der Waals surface area contributed by atoms with Crippen molar-refractivity contribution >= 4 is 29.0 Å². The van der Waals surface area contributed by atoms with Gasteiger partial charge in [0.05, 0.1) is 10.0 Å². The normalized spacial score (nSPS) is 10.8. The summed E-state index contributed by atoms with van der Waals surface area (Å²) in [4.78, 5) is 11.2. The lowest BCUT2D eigenvalue weighted by molar-refractivity contribution is -0.114. The molecular weight excluding hydrogens is 219 g/mol. The topological polar surface area (TPSA) is 17.1 Å². The molecule has 0 bridgehead atoms. The van der Waals surface area contributed by atoms with E-state index in [1.165, 1.54) is 0 Å². The van der Waals surface area contributed by atoms with Crippen molar-refractivity contribution in [3.63, 3.8) is 0 Å². The molecule has 0 aromatic heterocycles. The third-order valence-electron chi connectivity index (χ3n) is 1.71. The van der Waals surface area contributed by atoms with Crippen molar-refractivity contribution in [1.82, 2.24) is 0 Å². The SMILES string of the molecule is C/C=C/C(=O)Cc1ccc(Cl)c(Cl)c1. The minimum Gasteiger partial charge on any atom is -0.294 e. The summed E-state index contributed by atoms with van der Waals surface area (Å²) < 4.78 is 0. The van der Waals surface area contributed by atoms with Gasteiger partial charge in [-0.05, 0) is 30.7 Å². The summed E-state index contributed by atoms with van der Waals surface area (Å²) in [5.41, 5.74) is 0.877. The summed E-state index contributed by atoms with van der Waals surface area (Å²) in [6, 6.07) is 5.21. The van der Waals surface area contributed by atoms with E-state index in [0.717, 1.165) is 5.56 Å². The summed E-state index contributed by atoms with van der Waals surface area (Å²) in [5, 5.41) is 0.992. The van der Waals surface area contributed by atoms with Crippen LogP contribution >= 0.6 is 23.2 Å². The molecule has 0 atom stereocenters. The molecule has 0 aliphatic carbocycles. The molecule has 0 unspecified atom stereocenters. The van der Waals surface area contributed by atoms with E-state index >= 15 is 0 Å². The monoisotopic (exact) mass is 228 g/mol. The van der Waals surface area contributed by atoms with Gasteiger partial charge in [0.15, 0.2) is 5.78 Å². The molecule has 1 aromatic carbocycles. The Morgan fingerprint density at radius 3 is 2.64 bits per heavy atom. The molecule has 0 spiro atoms. The van der Waals surface area contributed by atoms with Crippen LogP contribution in [0.4, 0.5) is 0 Å². The molecule has 1 rings (SSSR count). The van der Waals surface area contributed by atoms with Gasteiger partial charge in [-0.3, -0.25) is 4.79 Å². The second-order valence-corrected chi connectivity index (χ2v) is 3.71. The first-order chi connectivity index (χ1) is 6.63. The van der Waals surface area contributed by atoms with E-state index in [1.807, 2.05) is 6.92 Å². The number of allylic oxidation sites excluding steroid dienone is 2. The van der Waals surface area contributed by atoms with Crippen LogP contribution in [0.1, 0.15) is 12.5 Å². The first kappa shape index (κ1) is 11.3. The third-order valence-corrected chi connectivity index (χ3v) is 2.45. The highest BCUT2D eigenvalue weighted by molar-refractivity contribution is 6.42. The van der Waals surface area contributed by atoms with E-state index in [9.17, 15) is 4.79 Å². The Morgan fingerprint density at radius 2 is 2.07 bits per heavy atom. The van der Waals surface area contributed by atoms with Crippen LogP contribution < -0.4 is 0 Å². The van der Waals surface area contributed by atoms with Crippen molar-refractivity contribution in [2.24, 2.45) is 0 Å². The number of halogens is 2. The van der Waals surface area contributed by atoms with E-state index < -0.39 is 0 Å². The Balaban J connectivity index is 2.78. The van der Waals surface area contributed by atoms with Crippen molar-refractivity contribution in [1.29, 1.82) is 0 Å². The van der Waals surface area contributed by atoms with E-state index in [1.54, 1.807) is 30.4 Å². The van der Waals surface area contributed by atoms with E-state index in [2.05, 4.69) is 0 Å². The Labute approximate surface area is 93.3 Å². The van der Waals surface area contributed by atoms with Gasteiger partial charge in [0.2, 0.25) is 0 Å². The molecule has 74 valence electrons. The maximum Gasteiger partial charge on any atom is 0.159 e. The summed E-state index contributed by atoms with van der Waals surface area (Å²) >= 11 is 11.6. The van der Waals surface area contributed by atoms with Gasteiger partial charge in [-0.25, -0.2) is 0 Å². The molecule has 0 radical (unpaired) electrons. The minimum absolute atomic E-state index is 0.0610. The fourth-order valence-electron chi connectivity index (χ4n) is 1.10. The summed E-state index contributed by atoms with van der Waals surface area (Å²) in [7, 11) is 0. The zero-order valence-corrected chi connectivity index (χ0v) is 9.27. The predicted octanol–water partition coefficient (Wildman–Crippen LogP) is 3.68. The van der Waals surface area contributed by atoms with Crippen LogP contribution in [0.5, 0.6) is 0 Å². The van der Waals surface area contributed by atoms with Crippen molar-refractivity contribution in [2.75, 3.05) is 0 Å². The molecule has 1 nitrogen and oxygen atoms in total. The highest BCUT2D eigenvalue weighted by atomic mass is 35.5. The van der Waals surface area contributed by atoms with Crippen LogP contribution in [0.25, 0.3) is 0 Å². The van der Waals surface area contributed by atoms with E-state index in [-0.39, 0.29) is 5.78 Å². The van der Waals surface area contributed by atoms with Crippen LogP contribution in [0.2, 0.25) is 10.0 Å². The minimum atomic E-state index is 0.0610. The Kier molecular flexibility index (Phi) is 4.18. The fraction of sp³-hybridized carbons (Fsp3) is 0.182. The number of carbonyl (C=O) groups excluding carboxylic acids is 1. The molecule has 0 amide bonds. The Morgan fingerprint density at radius 1 is 1.36 bits per heavy atom. The van der Waals surface area contributed by atoms with Crippen LogP contribution in [0, 0.1) is 0 Å². The Bertz CT molecular complexity index is 370. The second-order valence-electron chi connectivity index (χ2n) is 2.89. The van der Waals surface area contributed by atoms with Crippen LogP contribution in [-0.4, -0.2) is 5.78 Å². The standard InChI is InChI=1S/C11H10Cl2O/c1-2-3-9(14)6-8-4-5-10(12)11(13)7-8/h2-5,7H,6H2,1H3/b3-2+. The smallest absolute Gasteiger partial charge is 0.159 e. The zero-order chi connectivity index (χ0) is 10.6. The second kappa shape index (κ2) is 5.18. The molecule has 1 aromatic rings. The molecule has 14 heavy (non-hydrogen) atoms. The molecule has 0 aliphatic rings. The van der Waals surface area contributed by atoms with Crippen molar-refractivity contribution < 1.29 is 4.79 Å². The van der Waals surface area contributed by atoms with E-state index in [0.29, 0.717) is 16.5 Å². The number of ketones is 1. The van der Waals surface area contributed by atoms with Gasteiger partial charge < -0.3 is 0 Å². The quantitative estimate of drug-likeness (QED) is 0.722. The molecule has 0 fully saturated rings. The molecule has 0 saturated carbocycles. The summed E-state index contributed by atoms with van der Waals surface area (Å²) in [6.45, 7) is 1.81. The highest BCUT2D eigenvalue weighted by Gasteiger charge is 2.02. The number of benzene rings is 1. The number of carbonyl (C=O) groups is 1. The number of rotatable bonds is 3. The summed E-state index contributed by atoms with van der Waals surface area (Å²) in [6.07, 6.45) is 3.63. The fourth-order valence-corrected chi connectivity index (χ4v) is 1.42. The third kappa shape index (κ3) is 3.17. The average molecular weight is 229 g/mol. The molecule has 0 heterocycles. The van der Waals surface area contributed by atoms with E-state index in [4.69, 9.17) is 23.2 Å². The summed E-state index contributed by atoms with van der Waals surface area (Å²) in [5.74, 6) is 0.0610. The molecule has 0 saturated heterocycles. The van der Waals surface area contributed by atoms with Gasteiger partial charge >= 0.3 is 0 Å². The Hall–Kier alpha value is -0.790. The lowest BCUT2D eigenvalue weighted by Gasteiger charge is -2.00. The van der Waals surface area contributed by atoms with Crippen LogP contribution in [-0.2, 0) is 11.2 Å². The molecule has 0 aliphatic heterocycles. The van der Waals surface area contributed by atoms with Crippen molar-refractivity contribution in [3.8, 4) is 0 Å². The van der Waals surface area contributed by atoms with Crippen LogP contribution in [0.15, 0.2) is 30.4 Å². The first-order valence-corrected chi connectivity index (χ1v) is 4.98. The van der Waals surface area contributed by atoms with Gasteiger partial charge in [0, 0.05) is 6.42 Å². The average Bonchev–Trinajstić information content (AvgIpc) is 2.12. The largest absolute Gasteiger partial charge is 0.294 e. The zero-order valence-electron chi connectivity index (χ0n) is 7.76. The van der Waals surface area contributed by atoms with Crippen molar-refractivity contribution in [3.05, 3.63) is 46.0 Å². The maximum atomic E-state index is 11.2. The number of hydrogen-bond donors (Lipinski definition) is 0. The molecule has 3 heteroatoms. The lowest BCUT2D eigenvalue weighted by Crippen LogP contribution is -1.97.